The third kappa shape index (κ3) is 4.31. The number of hydrogen-bond donors (Lipinski definition) is 1. The second-order valence-electron chi connectivity index (χ2n) is 10.0. The van der Waals surface area contributed by atoms with Gasteiger partial charge in [0.05, 0.1) is 6.42 Å². The Hall–Kier alpha value is -1.99. The van der Waals surface area contributed by atoms with Crippen molar-refractivity contribution in [3.8, 4) is 0 Å². The Morgan fingerprint density at radius 2 is 1.76 bits per heavy atom. The normalized spacial score (nSPS) is 40.1. The number of amides is 1. The quantitative estimate of drug-likeness (QED) is 0.393. The van der Waals surface area contributed by atoms with Crippen LogP contribution in [-0.2, 0) is 19.1 Å². The second-order valence-corrected chi connectivity index (χ2v) is 10.0. The number of Topliss-reactive ketones (excluding diaryl/α,β-unsaturated/α-hetero) is 1. The number of carbonyl (C=O) groups excluding carboxylic acids is 3. The van der Waals surface area contributed by atoms with Gasteiger partial charge in [-0.1, -0.05) is 6.92 Å². The van der Waals surface area contributed by atoms with Gasteiger partial charge in [0.25, 0.3) is 5.91 Å². The zero-order valence-corrected chi connectivity index (χ0v) is 16.9. The summed E-state index contributed by atoms with van der Waals surface area (Å²) in [7, 11) is 0. The molecule has 3 atom stereocenters. The Morgan fingerprint density at radius 1 is 1.17 bits per heavy atom. The summed E-state index contributed by atoms with van der Waals surface area (Å²) in [4.78, 5) is 47.3. The fourth-order valence-corrected chi connectivity index (χ4v) is 6.98. The molecule has 5 fully saturated rings. The van der Waals surface area contributed by atoms with Crippen LogP contribution in [0.1, 0.15) is 58.3 Å². The molecule has 0 aromatic rings. The van der Waals surface area contributed by atoms with Crippen molar-refractivity contribution in [3.63, 3.8) is 0 Å². The maximum Gasteiger partial charge on any atom is 0.307 e. The van der Waals surface area contributed by atoms with E-state index < -0.39 is 22.7 Å². The average molecular weight is 406 g/mol. The molecule has 5 saturated carbocycles. The minimum Gasteiger partial charge on any atom is -0.456 e. The van der Waals surface area contributed by atoms with E-state index in [1.807, 2.05) is 0 Å². The van der Waals surface area contributed by atoms with E-state index in [4.69, 9.17) is 4.74 Å². The van der Waals surface area contributed by atoms with Crippen LogP contribution >= 0.6 is 0 Å². The summed E-state index contributed by atoms with van der Waals surface area (Å²) in [5, 5.41) is 14.0. The number of nitrogens with zero attached hydrogens (tertiary/aromatic N) is 1. The molecule has 1 N–H and O–H groups in total. The summed E-state index contributed by atoms with van der Waals surface area (Å²) in [6.45, 7) is 1.13. The Morgan fingerprint density at radius 3 is 2.31 bits per heavy atom. The van der Waals surface area contributed by atoms with Gasteiger partial charge in [0.15, 0.2) is 6.61 Å². The fraction of sp³-hybridized carbons (Fsp3) is 0.857. The fourth-order valence-electron chi connectivity index (χ4n) is 6.98. The minimum atomic E-state index is -0.686. The molecule has 0 spiro atoms. The molecule has 0 heterocycles. The van der Waals surface area contributed by atoms with Gasteiger partial charge in [-0.3, -0.25) is 24.5 Å². The van der Waals surface area contributed by atoms with Gasteiger partial charge in [-0.05, 0) is 62.2 Å². The van der Waals surface area contributed by atoms with E-state index >= 15 is 0 Å². The first kappa shape index (κ1) is 20.3. The summed E-state index contributed by atoms with van der Waals surface area (Å²) < 4.78 is 5.14. The minimum absolute atomic E-state index is 0.120. The van der Waals surface area contributed by atoms with Crippen molar-refractivity contribution in [3.05, 3.63) is 10.1 Å². The van der Waals surface area contributed by atoms with E-state index in [1.165, 1.54) is 19.3 Å². The topological polar surface area (TPSA) is 116 Å². The SMILES string of the molecule is C[C@@H]1CC(=O)[C@@H](CC(=O)OCC(=O)NC23CC4CC(CC(C4)C2)C3)[C@@H]1C[N+](=O)[O-]. The number of rotatable bonds is 7. The van der Waals surface area contributed by atoms with Crippen molar-refractivity contribution in [1.29, 1.82) is 0 Å². The zero-order chi connectivity index (χ0) is 20.8. The van der Waals surface area contributed by atoms with Gasteiger partial charge in [-0.15, -0.1) is 0 Å². The van der Waals surface area contributed by atoms with Gasteiger partial charge in [0.2, 0.25) is 6.54 Å². The summed E-state index contributed by atoms with van der Waals surface area (Å²) in [6.07, 6.45) is 6.98. The van der Waals surface area contributed by atoms with Crippen molar-refractivity contribution >= 4 is 17.7 Å². The maximum absolute atomic E-state index is 12.5. The summed E-state index contributed by atoms with van der Waals surface area (Å²) in [5.74, 6) is -0.182. The molecule has 8 nitrogen and oxygen atoms in total. The summed E-state index contributed by atoms with van der Waals surface area (Å²) in [6, 6.07) is 0. The van der Waals surface area contributed by atoms with Gasteiger partial charge < -0.3 is 10.1 Å². The Balaban J connectivity index is 1.27. The highest BCUT2D eigenvalue weighted by Gasteiger charge is 2.51. The molecule has 0 unspecified atom stereocenters. The van der Waals surface area contributed by atoms with E-state index in [-0.39, 0.29) is 49.1 Å². The number of hydrogen-bond acceptors (Lipinski definition) is 6. The van der Waals surface area contributed by atoms with Gasteiger partial charge in [0, 0.05) is 28.7 Å². The lowest BCUT2D eigenvalue weighted by Crippen LogP contribution is -2.60. The van der Waals surface area contributed by atoms with Crippen molar-refractivity contribution in [2.75, 3.05) is 13.2 Å². The van der Waals surface area contributed by atoms with Crippen LogP contribution in [-0.4, -0.2) is 41.3 Å². The van der Waals surface area contributed by atoms with E-state index in [0.29, 0.717) is 17.8 Å². The number of esters is 1. The molecule has 8 heteroatoms. The van der Waals surface area contributed by atoms with Crippen LogP contribution in [0.25, 0.3) is 0 Å². The van der Waals surface area contributed by atoms with Crippen molar-refractivity contribution in [1.82, 2.24) is 5.32 Å². The van der Waals surface area contributed by atoms with Crippen LogP contribution in [0.15, 0.2) is 0 Å². The standard InChI is InChI=1S/C21H30N2O6/c1-12-2-18(24)16(17(12)10-23(27)28)6-20(26)29-11-19(25)22-21-7-13-3-14(8-21)5-15(4-13)9-21/h12-17H,2-11H2,1H3,(H,22,25)/t12-,13?,14?,15?,16+,17-,21?/m1/s1. The Kier molecular flexibility index (Phi) is 5.38. The van der Waals surface area contributed by atoms with Gasteiger partial charge in [-0.25, -0.2) is 0 Å². The lowest BCUT2D eigenvalue weighted by molar-refractivity contribution is -0.490. The number of ketones is 1. The highest BCUT2D eigenvalue weighted by molar-refractivity contribution is 5.88. The van der Waals surface area contributed by atoms with Gasteiger partial charge >= 0.3 is 5.97 Å². The maximum atomic E-state index is 12.5. The largest absolute Gasteiger partial charge is 0.456 e. The smallest absolute Gasteiger partial charge is 0.307 e. The molecule has 29 heavy (non-hydrogen) atoms. The molecule has 0 saturated heterocycles. The molecule has 0 radical (unpaired) electrons. The van der Waals surface area contributed by atoms with E-state index in [0.717, 1.165) is 19.3 Å². The summed E-state index contributed by atoms with van der Waals surface area (Å²) in [5.41, 5.74) is -0.133. The summed E-state index contributed by atoms with van der Waals surface area (Å²) >= 11 is 0. The molecule has 0 aromatic heterocycles. The first-order chi connectivity index (χ1) is 13.7. The lowest BCUT2D eigenvalue weighted by Gasteiger charge is -2.56. The molecule has 1 amide bonds. The Labute approximate surface area is 170 Å². The third-order valence-electron chi connectivity index (χ3n) is 7.74. The number of carbonyl (C=O) groups is 3. The van der Waals surface area contributed by atoms with Crippen molar-refractivity contribution in [2.45, 2.75) is 63.8 Å². The molecular weight excluding hydrogens is 376 g/mol. The molecule has 5 rings (SSSR count). The van der Waals surface area contributed by atoms with Crippen LogP contribution in [0.4, 0.5) is 0 Å². The zero-order valence-electron chi connectivity index (χ0n) is 16.9. The highest BCUT2D eigenvalue weighted by atomic mass is 16.6. The number of ether oxygens (including phenoxy) is 1. The highest BCUT2D eigenvalue weighted by Crippen LogP contribution is 2.55. The van der Waals surface area contributed by atoms with E-state index in [1.54, 1.807) is 6.92 Å². The number of nitrogens with one attached hydrogen (secondary N) is 1. The third-order valence-corrected chi connectivity index (χ3v) is 7.74. The first-order valence-electron chi connectivity index (χ1n) is 10.8. The molecular formula is C21H30N2O6. The van der Waals surface area contributed by atoms with Crippen LogP contribution < -0.4 is 5.32 Å². The van der Waals surface area contributed by atoms with Crippen molar-refractivity contribution in [2.24, 2.45) is 35.5 Å². The van der Waals surface area contributed by atoms with Gasteiger partial charge in [0.1, 0.15) is 5.78 Å². The van der Waals surface area contributed by atoms with E-state index in [9.17, 15) is 24.5 Å². The monoisotopic (exact) mass is 406 g/mol. The molecule has 4 bridgehead atoms. The second kappa shape index (κ2) is 7.69. The molecule has 160 valence electrons. The van der Waals surface area contributed by atoms with Gasteiger partial charge in [-0.2, -0.15) is 0 Å². The Bertz CT molecular complexity index is 685. The van der Waals surface area contributed by atoms with Crippen LogP contribution in [0, 0.1) is 45.6 Å². The van der Waals surface area contributed by atoms with Crippen LogP contribution in [0.2, 0.25) is 0 Å². The lowest BCUT2D eigenvalue weighted by atomic mass is 9.53. The van der Waals surface area contributed by atoms with E-state index in [2.05, 4.69) is 5.32 Å². The molecule has 5 aliphatic carbocycles. The average Bonchev–Trinajstić information content (AvgIpc) is 2.85. The van der Waals surface area contributed by atoms with Crippen molar-refractivity contribution < 1.29 is 24.0 Å². The molecule has 0 aliphatic heterocycles. The first-order valence-corrected chi connectivity index (χ1v) is 10.8. The molecule has 0 aromatic carbocycles. The number of nitro groups is 1. The predicted octanol–water partition coefficient (Wildman–Crippen LogP) is 2.12. The molecule has 5 aliphatic rings. The van der Waals surface area contributed by atoms with Crippen LogP contribution in [0.3, 0.4) is 0 Å². The van der Waals surface area contributed by atoms with Crippen LogP contribution in [0.5, 0.6) is 0 Å². The predicted molar refractivity (Wildman–Crippen MR) is 102 cm³/mol.